The second kappa shape index (κ2) is 35.0. The molecular weight excluding hydrogens is 1530 g/mol. The van der Waals surface area contributed by atoms with Crippen LogP contribution in [0.5, 0.6) is 92.0 Å². The van der Waals surface area contributed by atoms with Gasteiger partial charge in [0.1, 0.15) is 162 Å². The summed E-state index contributed by atoms with van der Waals surface area (Å²) >= 11 is 24.5. The molecule has 0 fully saturated rings. The van der Waals surface area contributed by atoms with Crippen LogP contribution < -0.4 is 37.9 Å². The van der Waals surface area contributed by atoms with Gasteiger partial charge in [-0.1, -0.05) is 169 Å². The Morgan fingerprint density at radius 1 is 0.237 bits per heavy atom. The summed E-state index contributed by atoms with van der Waals surface area (Å²) in [5.41, 5.74) is 6.92. The van der Waals surface area contributed by atoms with E-state index in [0.717, 1.165) is 33.4 Å². The highest BCUT2D eigenvalue weighted by molar-refractivity contribution is 7.91. The smallest absolute Gasteiger partial charge is 0.206 e. The predicted octanol–water partition coefficient (Wildman–Crippen LogP) is 26.0. The molecule has 0 radical (unpaired) electrons. The summed E-state index contributed by atoms with van der Waals surface area (Å²) in [5, 5.41) is 59.2. The molecule has 0 spiro atoms. The Hall–Kier alpha value is -14.5. The summed E-state index contributed by atoms with van der Waals surface area (Å²) in [6.07, 6.45) is 0. The molecule has 0 aliphatic carbocycles. The molecule has 21 heteroatoms. The lowest BCUT2D eigenvalue weighted by atomic mass is 9.78. The lowest BCUT2D eigenvalue weighted by molar-refractivity contribution is 0.456. The number of benzene rings is 14. The molecule has 16 nitrogen and oxygen atoms in total. The molecule has 0 unspecified atom stereocenters. The first-order chi connectivity index (χ1) is 55.3. The molecule has 0 atom stereocenters. The van der Waals surface area contributed by atoms with Crippen molar-refractivity contribution < 1.29 is 46.3 Å². The van der Waals surface area contributed by atoms with Gasteiger partial charge in [-0.25, -0.2) is 8.42 Å². The third-order valence-corrected chi connectivity index (χ3v) is 20.9. The Bertz CT molecular complexity index is 6320. The third kappa shape index (κ3) is 17.9. The average Bonchev–Trinajstić information content (AvgIpc) is 0.798. The zero-order valence-electron chi connectivity index (χ0n) is 60.1. The molecule has 14 rings (SSSR count). The molecule has 0 bridgehead atoms. The Labute approximate surface area is 677 Å². The molecule has 0 amide bonds. The van der Waals surface area contributed by atoms with Crippen LogP contribution in [-0.4, -0.2) is 8.42 Å². The Kier molecular flexibility index (Phi) is 23.9. The quantitative estimate of drug-likeness (QED) is 0.0611. The van der Waals surface area contributed by atoms with Gasteiger partial charge in [0, 0.05) is 5.41 Å². The van der Waals surface area contributed by atoms with Gasteiger partial charge in [0.15, 0.2) is 0 Å². The van der Waals surface area contributed by atoms with Gasteiger partial charge in [-0.3, -0.25) is 0 Å². The first kappa shape index (κ1) is 77.7. The van der Waals surface area contributed by atoms with Crippen LogP contribution in [-0.2, 0) is 15.3 Å². The van der Waals surface area contributed by atoms with Gasteiger partial charge in [-0.05, 0) is 228 Å². The van der Waals surface area contributed by atoms with Crippen molar-refractivity contribution >= 4 is 56.2 Å². The summed E-state index contributed by atoms with van der Waals surface area (Å²) < 4.78 is 74.9. The normalized spacial score (nSPS) is 10.7. The Morgan fingerprint density at radius 3 is 0.596 bits per heavy atom. The minimum atomic E-state index is -3.91. The van der Waals surface area contributed by atoms with Gasteiger partial charge < -0.3 is 37.9 Å². The van der Waals surface area contributed by atoms with Crippen molar-refractivity contribution in [1.82, 2.24) is 0 Å². The van der Waals surface area contributed by atoms with Crippen LogP contribution in [0.3, 0.4) is 0 Å². The number of ether oxygens (including phenoxy) is 8. The molecule has 552 valence electrons. The maximum Gasteiger partial charge on any atom is 0.206 e. The molecule has 0 aliphatic heterocycles. The topological polar surface area (TPSA) is 251 Å². The zero-order valence-corrected chi connectivity index (χ0v) is 63.9. The van der Waals surface area contributed by atoms with Crippen LogP contribution in [0, 0.1) is 68.0 Å². The number of rotatable bonds is 22. The van der Waals surface area contributed by atoms with E-state index in [1.54, 1.807) is 133 Å². The van der Waals surface area contributed by atoms with Crippen LogP contribution in [0.1, 0.15) is 58.4 Å². The second-order valence-electron chi connectivity index (χ2n) is 25.4. The minimum absolute atomic E-state index is 0.0298. The number of nitrogens with zero attached hydrogens (tertiary/aromatic N) is 6. The SMILES string of the molecule is CC(C)(c1ccc(Oc2cccc(Cl)c2C#N)cc1)c1ccc(Oc2cccc(Oc3ccc(-c4ccc(Oc5cccc(Cl)c5C#N)cc4)cc3)c2C#N)cc1.N#Cc1c(Cl)cccc1Oc1ccc(-c2ccc(Oc3cccc(Oc4ccc(S(=O)(=O)c5ccc(Oc6cccc(Cl)c6C#N)cc5)cc4)c3C#N)cc2)cc1. The lowest BCUT2D eigenvalue weighted by Gasteiger charge is -2.26. The van der Waals surface area contributed by atoms with Gasteiger partial charge in [-0.15, -0.1) is 0 Å². The summed E-state index contributed by atoms with van der Waals surface area (Å²) in [5.74, 6) is 6.60. The largest absolute Gasteiger partial charge is 0.456 e. The summed E-state index contributed by atoms with van der Waals surface area (Å²) in [6, 6.07) is 99.8. The number of hydrogen-bond acceptors (Lipinski definition) is 16. The summed E-state index contributed by atoms with van der Waals surface area (Å²) in [7, 11) is -3.91. The number of hydrogen-bond donors (Lipinski definition) is 0. The van der Waals surface area contributed by atoms with Crippen molar-refractivity contribution in [2.75, 3.05) is 0 Å². The molecular formula is C93H56Cl4N6O10S. The molecule has 14 aromatic rings. The van der Waals surface area contributed by atoms with Crippen molar-refractivity contribution in [2.24, 2.45) is 0 Å². The third-order valence-electron chi connectivity index (χ3n) is 17.9. The average molecular weight is 1590 g/mol. The van der Waals surface area contributed by atoms with Gasteiger partial charge in [0.05, 0.1) is 29.9 Å². The second-order valence-corrected chi connectivity index (χ2v) is 29.0. The molecule has 0 saturated heterocycles. The van der Waals surface area contributed by atoms with E-state index in [2.05, 4.69) is 44.2 Å². The zero-order chi connectivity index (χ0) is 79.9. The van der Waals surface area contributed by atoms with E-state index in [-0.39, 0.29) is 70.9 Å². The van der Waals surface area contributed by atoms with E-state index in [0.29, 0.717) is 89.8 Å². The monoisotopic (exact) mass is 1590 g/mol. The molecule has 0 saturated carbocycles. The van der Waals surface area contributed by atoms with E-state index >= 15 is 0 Å². The van der Waals surface area contributed by atoms with Gasteiger partial charge >= 0.3 is 0 Å². The van der Waals surface area contributed by atoms with Crippen molar-refractivity contribution in [3.05, 3.63) is 368 Å². The Morgan fingerprint density at radius 2 is 0.404 bits per heavy atom. The van der Waals surface area contributed by atoms with E-state index < -0.39 is 9.84 Å². The van der Waals surface area contributed by atoms with E-state index in [1.165, 1.54) is 48.5 Å². The van der Waals surface area contributed by atoms with E-state index in [1.807, 2.05) is 127 Å². The summed E-state index contributed by atoms with van der Waals surface area (Å²) in [6.45, 7) is 4.26. The van der Waals surface area contributed by atoms with Crippen LogP contribution in [0.2, 0.25) is 20.1 Å². The van der Waals surface area contributed by atoms with Gasteiger partial charge in [0.2, 0.25) is 9.84 Å². The van der Waals surface area contributed by atoms with E-state index in [9.17, 15) is 40.0 Å². The lowest BCUT2D eigenvalue weighted by Crippen LogP contribution is -2.18. The molecule has 0 heterocycles. The number of halogens is 4. The van der Waals surface area contributed by atoms with Gasteiger partial charge in [-0.2, -0.15) is 31.6 Å². The fraction of sp³-hybridized carbons (Fsp3) is 0.0323. The molecule has 0 N–H and O–H groups in total. The molecule has 0 aliphatic rings. The maximum absolute atomic E-state index is 13.4. The van der Waals surface area contributed by atoms with Crippen molar-refractivity contribution in [1.29, 1.82) is 31.6 Å². The minimum Gasteiger partial charge on any atom is -0.456 e. The molecule has 0 aromatic heterocycles. The van der Waals surface area contributed by atoms with Crippen LogP contribution in [0.4, 0.5) is 0 Å². The molecule has 114 heavy (non-hydrogen) atoms. The first-order valence-electron chi connectivity index (χ1n) is 34.6. The Balaban J connectivity index is 0.000000199. The van der Waals surface area contributed by atoms with Crippen molar-refractivity contribution in [3.63, 3.8) is 0 Å². The predicted molar refractivity (Wildman–Crippen MR) is 435 cm³/mol. The fourth-order valence-electron chi connectivity index (χ4n) is 11.8. The van der Waals surface area contributed by atoms with Crippen LogP contribution in [0.25, 0.3) is 22.3 Å². The highest BCUT2D eigenvalue weighted by Gasteiger charge is 2.25. The standard InChI is InChI=1S/C48H31Cl2N3O4.C45H25Cl2N3O6S/c1-48(2,33-16-24-37(25-17-33)55-45-9-4-7-43(50)40(45)29-52)34-18-26-38(27-19-34)57-47-11-5-10-46(41(47)30-53)56-36-22-14-32(15-23-36)31-12-20-35(21-13-31)54-44-8-3-6-42(49)39(44)28-51;46-40-4-1-6-42(37(40)26-48)53-31-14-10-29(11-15-31)30-12-16-32(17-13-30)55-44-8-3-9-45(39(44)28-50)56-34-20-24-36(25-21-34)57(51,52)35-22-18-33(19-23-35)54-43-7-2-5-41(47)38(43)27-49/h3-27H,1-2H3;1-25H. The van der Waals surface area contributed by atoms with Crippen molar-refractivity contribution in [3.8, 4) is 151 Å². The summed E-state index contributed by atoms with van der Waals surface area (Å²) in [4.78, 5) is 0.0651. The van der Waals surface area contributed by atoms with Crippen LogP contribution >= 0.6 is 46.4 Å². The van der Waals surface area contributed by atoms with Crippen LogP contribution in [0.15, 0.2) is 313 Å². The fourth-order valence-corrected chi connectivity index (χ4v) is 13.9. The van der Waals surface area contributed by atoms with E-state index in [4.69, 9.17) is 84.3 Å². The molecule has 14 aromatic carbocycles. The van der Waals surface area contributed by atoms with Crippen molar-refractivity contribution in [2.45, 2.75) is 29.1 Å². The highest BCUT2D eigenvalue weighted by Crippen LogP contribution is 2.42. The number of sulfone groups is 1. The van der Waals surface area contributed by atoms with Gasteiger partial charge in [0.25, 0.3) is 0 Å². The first-order valence-corrected chi connectivity index (χ1v) is 37.6. The highest BCUT2D eigenvalue weighted by atomic mass is 35.5. The number of nitriles is 6. The maximum atomic E-state index is 13.4.